The minimum Gasteiger partial charge on any atom is -0.481 e. The van der Waals surface area contributed by atoms with Crippen LogP contribution in [-0.2, 0) is 33.6 Å². The molecule has 9 N–H and O–H groups in total. The zero-order valence-corrected chi connectivity index (χ0v) is 33.7. The van der Waals surface area contributed by atoms with Gasteiger partial charge in [-0.25, -0.2) is 4.79 Å². The van der Waals surface area contributed by atoms with Crippen molar-refractivity contribution in [3.63, 3.8) is 0 Å². The molecule has 7 atom stereocenters. The van der Waals surface area contributed by atoms with Crippen molar-refractivity contribution < 1.29 is 67.2 Å². The lowest BCUT2D eigenvalue weighted by Crippen LogP contribution is -2.59. The molecule has 5 amide bonds. The number of rotatable bonds is 22. The van der Waals surface area contributed by atoms with Gasteiger partial charge in [0.1, 0.15) is 18.1 Å². The zero-order chi connectivity index (χ0) is 43.5. The lowest BCUT2D eigenvalue weighted by atomic mass is 9.95. The highest BCUT2D eigenvalue weighted by Crippen LogP contribution is 2.15. The molecule has 0 unspecified atom stereocenters. The lowest BCUT2D eigenvalue weighted by molar-refractivity contribution is -0.192. The van der Waals surface area contributed by atoms with Crippen LogP contribution in [0, 0.1) is 29.6 Å². The first kappa shape index (κ1) is 53.1. The molecule has 0 radical (unpaired) electrons. The molecule has 0 heterocycles. The highest BCUT2D eigenvalue weighted by Gasteiger charge is 2.38. The van der Waals surface area contributed by atoms with Gasteiger partial charge in [-0.15, -0.1) is 0 Å². The molecule has 0 rings (SSSR count). The molecule has 55 heavy (non-hydrogen) atoms. The van der Waals surface area contributed by atoms with Crippen molar-refractivity contribution in [3.05, 3.63) is 0 Å². The quantitative estimate of drug-likeness (QED) is 0.0766. The van der Waals surface area contributed by atoms with E-state index in [9.17, 15) is 52.2 Å². The third-order valence-corrected chi connectivity index (χ3v) is 7.93. The van der Waals surface area contributed by atoms with Crippen molar-refractivity contribution >= 4 is 41.5 Å². The predicted octanol–water partition coefficient (Wildman–Crippen LogP) is 2.10. The molecule has 19 heteroatoms. The minimum atomic E-state index is -5.08. The monoisotopic (exact) mass is 799 g/mol. The molecular weight excluding hydrogens is 735 g/mol. The van der Waals surface area contributed by atoms with Crippen LogP contribution in [0.25, 0.3) is 0 Å². The molecule has 0 aliphatic rings. The van der Waals surface area contributed by atoms with Gasteiger partial charge < -0.3 is 47.0 Å². The summed E-state index contributed by atoms with van der Waals surface area (Å²) in [7, 11) is 0. The first-order valence-corrected chi connectivity index (χ1v) is 18.4. The van der Waals surface area contributed by atoms with E-state index in [1.165, 1.54) is 6.92 Å². The lowest BCUT2D eigenvalue weighted by Gasteiger charge is -2.31. The maximum atomic E-state index is 13.5. The van der Waals surface area contributed by atoms with Crippen LogP contribution in [0.5, 0.6) is 0 Å². The molecule has 0 aliphatic carbocycles. The third kappa shape index (κ3) is 23.5. The summed E-state index contributed by atoms with van der Waals surface area (Å²) in [5, 5.41) is 51.0. The number of hydrogen-bond donors (Lipinski definition) is 9. The molecule has 0 aromatic carbocycles. The van der Waals surface area contributed by atoms with Gasteiger partial charge in [0.05, 0.1) is 37.1 Å². The van der Waals surface area contributed by atoms with Crippen LogP contribution < -0.4 is 26.6 Å². The van der Waals surface area contributed by atoms with Crippen LogP contribution in [-0.4, -0.2) is 110 Å². The summed E-state index contributed by atoms with van der Waals surface area (Å²) in [5.41, 5.74) is 0. The van der Waals surface area contributed by atoms with Crippen LogP contribution >= 0.6 is 0 Å². The Labute approximate surface area is 321 Å². The molecule has 0 bridgehead atoms. The SMILES string of the molecule is CC(C)CC(=O)N[C@H](C(=O)N[C@H](C(=O)N[C@@H](CC(C)C)[C@@H](O)CC(=O)N[C@@H](C)C(=O)N[C@@H](CC(C)C)[C@@H](O)CC(=O)O)C(C)C)C(C)C.O=C(O)C(F)(F)F. The molecule has 0 spiro atoms. The van der Waals surface area contributed by atoms with E-state index in [-0.39, 0.29) is 41.9 Å². The van der Waals surface area contributed by atoms with E-state index >= 15 is 0 Å². The fourth-order valence-electron chi connectivity index (χ4n) is 5.16. The normalized spacial score (nSPS) is 15.5. The second-order valence-electron chi connectivity index (χ2n) is 15.6. The largest absolute Gasteiger partial charge is 0.490 e. The van der Waals surface area contributed by atoms with E-state index in [1.807, 2.05) is 41.5 Å². The first-order valence-electron chi connectivity index (χ1n) is 18.4. The van der Waals surface area contributed by atoms with Gasteiger partial charge in [0.2, 0.25) is 29.5 Å². The Bertz CT molecular complexity index is 1260. The summed E-state index contributed by atoms with van der Waals surface area (Å²) in [4.78, 5) is 84.8. The third-order valence-electron chi connectivity index (χ3n) is 7.93. The van der Waals surface area contributed by atoms with Crippen LogP contribution in [0.1, 0.15) is 108 Å². The average Bonchev–Trinajstić information content (AvgIpc) is 2.99. The maximum absolute atomic E-state index is 13.5. The van der Waals surface area contributed by atoms with E-state index in [2.05, 4.69) is 26.6 Å². The number of aliphatic carboxylic acids is 2. The van der Waals surface area contributed by atoms with Gasteiger partial charge in [-0.1, -0.05) is 69.2 Å². The Balaban J connectivity index is 0. The number of halogens is 3. The second kappa shape index (κ2) is 25.2. The number of carbonyl (C=O) groups is 7. The van der Waals surface area contributed by atoms with Gasteiger partial charge >= 0.3 is 18.1 Å². The molecule has 0 aliphatic heterocycles. The topological polar surface area (TPSA) is 261 Å². The van der Waals surface area contributed by atoms with Crippen molar-refractivity contribution in [1.82, 2.24) is 26.6 Å². The van der Waals surface area contributed by atoms with Crippen molar-refractivity contribution in [2.75, 3.05) is 0 Å². The van der Waals surface area contributed by atoms with Crippen LogP contribution in [0.3, 0.4) is 0 Å². The summed E-state index contributed by atoms with van der Waals surface area (Å²) in [6.45, 7) is 19.8. The van der Waals surface area contributed by atoms with E-state index < -0.39 is 97.0 Å². The van der Waals surface area contributed by atoms with E-state index in [0.29, 0.717) is 12.8 Å². The summed E-state index contributed by atoms with van der Waals surface area (Å²) >= 11 is 0. The second-order valence-corrected chi connectivity index (χ2v) is 15.6. The number of aliphatic hydroxyl groups excluding tert-OH is 2. The van der Waals surface area contributed by atoms with E-state index in [0.717, 1.165) is 0 Å². The summed E-state index contributed by atoms with van der Waals surface area (Å²) in [6, 6.07) is -4.61. The van der Waals surface area contributed by atoms with Gasteiger partial charge in [-0.05, 0) is 49.4 Å². The van der Waals surface area contributed by atoms with E-state index in [4.69, 9.17) is 15.0 Å². The molecule has 0 fully saturated rings. The number of carbonyl (C=O) groups excluding carboxylic acids is 5. The number of nitrogens with one attached hydrogen (secondary N) is 5. The molecular formula is C36H64F3N5O11. The number of amides is 5. The Morgan fingerprint density at radius 3 is 1.24 bits per heavy atom. The van der Waals surface area contributed by atoms with Crippen molar-refractivity contribution in [2.45, 2.75) is 157 Å². The van der Waals surface area contributed by atoms with Gasteiger partial charge in [0, 0.05) is 6.42 Å². The molecule has 0 saturated carbocycles. The molecule has 320 valence electrons. The first-order chi connectivity index (χ1) is 25.0. The average molecular weight is 800 g/mol. The zero-order valence-electron chi connectivity index (χ0n) is 33.7. The van der Waals surface area contributed by atoms with Crippen LogP contribution in [0.2, 0.25) is 0 Å². The van der Waals surface area contributed by atoms with Crippen molar-refractivity contribution in [1.29, 1.82) is 0 Å². The highest BCUT2D eigenvalue weighted by molar-refractivity contribution is 5.92. The predicted molar refractivity (Wildman–Crippen MR) is 196 cm³/mol. The number of carboxylic acid groups (broad SMARTS) is 2. The Morgan fingerprint density at radius 1 is 0.509 bits per heavy atom. The number of alkyl halides is 3. The molecule has 16 nitrogen and oxygen atoms in total. The fourth-order valence-corrected chi connectivity index (χ4v) is 5.16. The number of aliphatic hydroxyl groups is 2. The Kier molecular flexibility index (Phi) is 24.3. The van der Waals surface area contributed by atoms with Crippen molar-refractivity contribution in [2.24, 2.45) is 29.6 Å². The maximum Gasteiger partial charge on any atom is 0.490 e. The van der Waals surface area contributed by atoms with Gasteiger partial charge in [0.25, 0.3) is 0 Å². The number of hydrogen-bond acceptors (Lipinski definition) is 9. The van der Waals surface area contributed by atoms with E-state index in [1.54, 1.807) is 27.7 Å². The van der Waals surface area contributed by atoms with Gasteiger partial charge in [-0.2, -0.15) is 13.2 Å². The minimum absolute atomic E-state index is 0.0152. The number of carboxylic acids is 2. The van der Waals surface area contributed by atoms with Gasteiger partial charge in [0.15, 0.2) is 0 Å². The molecule has 0 aromatic rings. The summed E-state index contributed by atoms with van der Waals surface area (Å²) in [5.74, 6) is -7.01. The summed E-state index contributed by atoms with van der Waals surface area (Å²) < 4.78 is 31.7. The Hall–Kier alpha value is -4.00. The van der Waals surface area contributed by atoms with Crippen LogP contribution in [0.4, 0.5) is 13.2 Å². The highest BCUT2D eigenvalue weighted by atomic mass is 19.4. The molecule has 0 aromatic heterocycles. The smallest absolute Gasteiger partial charge is 0.481 e. The standard InChI is InChI=1S/C34H63N5O9.C2HF3O2/c1-17(2)12-23(37-33(47)31(21(9)10)39-34(48)30(20(7)8)38-27(42)14-19(5)6)25(40)15-28(43)35-22(11)32(46)36-24(13-18(3)4)26(41)16-29(44)45;3-2(4,5)1(6)7/h17-26,30-31,40-41H,12-16H2,1-11H3,(H,35,43)(H,36,46)(H,37,47)(H,38,42)(H,39,48)(H,44,45);(H,6,7)/t22-,23-,24-,25-,26-,30-,31-;/m0./s1. The van der Waals surface area contributed by atoms with Crippen LogP contribution in [0.15, 0.2) is 0 Å². The summed E-state index contributed by atoms with van der Waals surface area (Å²) in [6.07, 6.45) is -7.85. The van der Waals surface area contributed by atoms with Gasteiger partial charge in [-0.3, -0.25) is 28.8 Å². The molecule has 0 saturated heterocycles. The fraction of sp³-hybridized carbons (Fsp3) is 0.806. The Morgan fingerprint density at radius 2 is 0.873 bits per heavy atom. The van der Waals surface area contributed by atoms with Crippen molar-refractivity contribution in [3.8, 4) is 0 Å².